The number of Topliss-reactive ketones (excluding diaryl/α,β-unsaturated/α-hetero) is 1. The van der Waals surface area contributed by atoms with E-state index in [1.165, 1.54) is 17.7 Å². The highest BCUT2D eigenvalue weighted by molar-refractivity contribution is 5.98. The lowest BCUT2D eigenvalue weighted by Gasteiger charge is -2.38. The molecule has 2 bridgehead atoms. The fourth-order valence-corrected chi connectivity index (χ4v) is 4.55. The molecule has 4 rings (SSSR count). The molecule has 0 spiro atoms. The highest BCUT2D eigenvalue weighted by Gasteiger charge is 2.43. The van der Waals surface area contributed by atoms with Gasteiger partial charge in [-0.2, -0.15) is 5.26 Å². The first-order valence-electron chi connectivity index (χ1n) is 9.19. The molecule has 2 atom stereocenters. The van der Waals surface area contributed by atoms with Crippen LogP contribution in [0.3, 0.4) is 0 Å². The smallest absolute Gasteiger partial charge is 0.169 e. The lowest BCUT2D eigenvalue weighted by Crippen LogP contribution is -2.44. The van der Waals surface area contributed by atoms with Gasteiger partial charge in [-0.05, 0) is 49.4 Å². The summed E-state index contributed by atoms with van der Waals surface area (Å²) in [6, 6.07) is 17.3. The number of carbonyl (C=O) groups is 1. The van der Waals surface area contributed by atoms with Crippen molar-refractivity contribution in [2.24, 2.45) is 5.92 Å². The maximum Gasteiger partial charge on any atom is 0.169 e. The molecule has 3 nitrogen and oxygen atoms in total. The number of piperidine rings is 1. The summed E-state index contributed by atoms with van der Waals surface area (Å²) in [4.78, 5) is 15.4. The van der Waals surface area contributed by atoms with E-state index in [9.17, 15) is 9.18 Å². The lowest BCUT2D eigenvalue weighted by atomic mass is 9.84. The van der Waals surface area contributed by atoms with Gasteiger partial charge in [0.15, 0.2) is 5.78 Å². The minimum Gasteiger partial charge on any atom is -0.294 e. The molecular formula is C22H21FN2O. The third-order valence-electron chi connectivity index (χ3n) is 5.83. The molecule has 0 saturated carbocycles. The van der Waals surface area contributed by atoms with Crippen molar-refractivity contribution in [1.29, 1.82) is 5.26 Å². The Labute approximate surface area is 153 Å². The van der Waals surface area contributed by atoms with Gasteiger partial charge < -0.3 is 0 Å². The van der Waals surface area contributed by atoms with Crippen molar-refractivity contribution < 1.29 is 9.18 Å². The van der Waals surface area contributed by atoms with Crippen LogP contribution in [0.1, 0.15) is 47.2 Å². The van der Waals surface area contributed by atoms with Crippen LogP contribution < -0.4 is 0 Å². The fourth-order valence-electron chi connectivity index (χ4n) is 4.55. The number of halogens is 1. The second-order valence-electron chi connectivity index (χ2n) is 7.38. The number of hydrogen-bond donors (Lipinski definition) is 0. The quantitative estimate of drug-likeness (QED) is 0.773. The Kier molecular flexibility index (Phi) is 4.57. The van der Waals surface area contributed by atoms with Gasteiger partial charge in [0.05, 0.1) is 17.2 Å². The summed E-state index contributed by atoms with van der Waals surface area (Å²) >= 11 is 0. The average molecular weight is 348 g/mol. The van der Waals surface area contributed by atoms with Crippen molar-refractivity contribution >= 4 is 5.78 Å². The van der Waals surface area contributed by atoms with Crippen LogP contribution in [0.5, 0.6) is 0 Å². The lowest BCUT2D eigenvalue weighted by molar-refractivity contribution is 0.0675. The molecule has 4 heteroatoms. The molecule has 0 aliphatic carbocycles. The van der Waals surface area contributed by atoms with Crippen LogP contribution >= 0.6 is 0 Å². The normalized spacial score (nSPS) is 25.0. The Bertz CT molecular complexity index is 844. The number of hydrogen-bond acceptors (Lipinski definition) is 3. The van der Waals surface area contributed by atoms with Gasteiger partial charge in [-0.15, -0.1) is 0 Å². The van der Waals surface area contributed by atoms with Crippen LogP contribution in [0, 0.1) is 23.1 Å². The van der Waals surface area contributed by atoms with Gasteiger partial charge in [-0.3, -0.25) is 9.69 Å². The molecule has 0 aromatic heterocycles. The number of carbonyl (C=O) groups excluding carboxylic acids is 1. The van der Waals surface area contributed by atoms with Gasteiger partial charge >= 0.3 is 0 Å². The molecule has 2 aliphatic heterocycles. The zero-order valence-corrected chi connectivity index (χ0v) is 14.6. The highest BCUT2D eigenvalue weighted by Crippen LogP contribution is 2.40. The molecule has 2 aromatic rings. The van der Waals surface area contributed by atoms with Gasteiger partial charge in [0, 0.05) is 24.5 Å². The molecule has 26 heavy (non-hydrogen) atoms. The van der Waals surface area contributed by atoms with Crippen LogP contribution in [-0.4, -0.2) is 22.8 Å². The molecule has 0 radical (unpaired) electrons. The van der Waals surface area contributed by atoms with E-state index in [0.717, 1.165) is 38.3 Å². The molecule has 0 N–H and O–H groups in total. The Morgan fingerprint density at radius 2 is 1.81 bits per heavy atom. The van der Waals surface area contributed by atoms with Crippen LogP contribution in [0.2, 0.25) is 0 Å². The van der Waals surface area contributed by atoms with E-state index >= 15 is 0 Å². The van der Waals surface area contributed by atoms with Crippen LogP contribution in [0.4, 0.5) is 4.39 Å². The van der Waals surface area contributed by atoms with E-state index in [2.05, 4.69) is 29.2 Å². The minimum absolute atomic E-state index is 0.108. The molecule has 2 saturated heterocycles. The summed E-state index contributed by atoms with van der Waals surface area (Å²) in [5.74, 6) is -0.807. The minimum atomic E-state index is -0.576. The van der Waals surface area contributed by atoms with Gasteiger partial charge in [-0.1, -0.05) is 30.3 Å². The summed E-state index contributed by atoms with van der Waals surface area (Å²) in [5.41, 5.74) is 1.68. The molecule has 2 fully saturated rings. The molecule has 2 aromatic carbocycles. The van der Waals surface area contributed by atoms with Gasteiger partial charge in [0.1, 0.15) is 5.82 Å². The second-order valence-corrected chi connectivity index (χ2v) is 7.38. The van der Waals surface area contributed by atoms with E-state index in [0.29, 0.717) is 12.1 Å². The Balaban J connectivity index is 1.48. The summed E-state index contributed by atoms with van der Waals surface area (Å²) in [6.07, 6.45) is 3.80. The van der Waals surface area contributed by atoms with Crippen molar-refractivity contribution in [3.8, 4) is 6.07 Å². The highest BCUT2D eigenvalue weighted by atomic mass is 19.1. The fraction of sp³-hybridized carbons (Fsp3) is 0.364. The van der Waals surface area contributed by atoms with E-state index in [-0.39, 0.29) is 22.8 Å². The van der Waals surface area contributed by atoms with Crippen molar-refractivity contribution in [1.82, 2.24) is 4.90 Å². The first kappa shape index (κ1) is 16.9. The second kappa shape index (κ2) is 7.01. The van der Waals surface area contributed by atoms with Gasteiger partial charge in [0.2, 0.25) is 0 Å². The maximum atomic E-state index is 14.2. The number of benzene rings is 2. The van der Waals surface area contributed by atoms with E-state index in [1.807, 2.05) is 12.1 Å². The zero-order valence-electron chi connectivity index (χ0n) is 14.6. The van der Waals surface area contributed by atoms with E-state index < -0.39 is 5.82 Å². The molecule has 132 valence electrons. The maximum absolute atomic E-state index is 14.2. The molecule has 2 aliphatic rings. The third kappa shape index (κ3) is 3.15. The summed E-state index contributed by atoms with van der Waals surface area (Å²) in [6.45, 7) is 0.919. The van der Waals surface area contributed by atoms with Crippen molar-refractivity contribution in [3.05, 3.63) is 71.0 Å². The average Bonchev–Trinajstić information content (AvgIpc) is 2.89. The molecule has 0 amide bonds. The van der Waals surface area contributed by atoms with Crippen molar-refractivity contribution in [3.63, 3.8) is 0 Å². The first-order chi connectivity index (χ1) is 12.7. The zero-order chi connectivity index (χ0) is 18.1. The van der Waals surface area contributed by atoms with E-state index in [4.69, 9.17) is 5.26 Å². The van der Waals surface area contributed by atoms with Crippen molar-refractivity contribution in [2.45, 2.75) is 44.3 Å². The SMILES string of the molecule is N#Cc1ccc(C(=O)C2CC3CCC(C2)N3Cc2ccccc2)c(F)c1. The Morgan fingerprint density at radius 3 is 2.42 bits per heavy atom. The topological polar surface area (TPSA) is 44.1 Å². The predicted molar refractivity (Wildman–Crippen MR) is 97.0 cm³/mol. The largest absolute Gasteiger partial charge is 0.294 e. The third-order valence-corrected chi connectivity index (χ3v) is 5.83. The monoisotopic (exact) mass is 348 g/mol. The summed E-state index contributed by atoms with van der Waals surface area (Å²) in [5, 5.41) is 8.86. The molecule has 2 unspecified atom stereocenters. The molecule has 2 heterocycles. The summed E-state index contributed by atoms with van der Waals surface area (Å²) < 4.78 is 14.2. The number of nitrogens with zero attached hydrogens (tertiary/aromatic N) is 2. The van der Waals surface area contributed by atoms with Crippen LogP contribution in [0.15, 0.2) is 48.5 Å². The van der Waals surface area contributed by atoms with Gasteiger partial charge in [-0.25, -0.2) is 4.39 Å². The predicted octanol–water partition coefficient (Wildman–Crippen LogP) is 4.32. The van der Waals surface area contributed by atoms with Gasteiger partial charge in [0.25, 0.3) is 0 Å². The van der Waals surface area contributed by atoms with Crippen LogP contribution in [-0.2, 0) is 6.54 Å². The Hall–Kier alpha value is -2.51. The molecular weight excluding hydrogens is 327 g/mol. The number of ketones is 1. The Morgan fingerprint density at radius 1 is 1.12 bits per heavy atom. The number of nitriles is 1. The van der Waals surface area contributed by atoms with E-state index in [1.54, 1.807) is 0 Å². The standard InChI is InChI=1S/C22H21FN2O/c23-21-10-16(13-24)6-9-20(21)22(26)17-11-18-7-8-19(12-17)25(18)14-15-4-2-1-3-5-15/h1-6,9-10,17-19H,7-8,11-12,14H2. The number of rotatable bonds is 4. The summed E-state index contributed by atoms with van der Waals surface area (Å²) in [7, 11) is 0. The van der Waals surface area contributed by atoms with Crippen LogP contribution in [0.25, 0.3) is 0 Å². The van der Waals surface area contributed by atoms with Crippen molar-refractivity contribution in [2.75, 3.05) is 0 Å². The first-order valence-corrected chi connectivity index (χ1v) is 9.19. The number of fused-ring (bicyclic) bond motifs is 2.